The summed E-state index contributed by atoms with van der Waals surface area (Å²) < 4.78 is 26.5. The van der Waals surface area contributed by atoms with Crippen molar-refractivity contribution in [2.75, 3.05) is 20.1 Å². The van der Waals surface area contributed by atoms with Crippen LogP contribution in [0, 0.1) is 0 Å². The molecule has 1 aromatic heterocycles. The van der Waals surface area contributed by atoms with E-state index in [1.54, 1.807) is 25.4 Å². The van der Waals surface area contributed by atoms with E-state index in [2.05, 4.69) is 20.6 Å². The normalized spacial score (nSPS) is 12.4. The van der Waals surface area contributed by atoms with Crippen molar-refractivity contribution in [3.8, 4) is 0 Å². The summed E-state index contributed by atoms with van der Waals surface area (Å²) in [4.78, 5) is 9.19. The molecule has 0 radical (unpaired) electrons. The minimum atomic E-state index is -3.47. The number of nitrogens with zero attached hydrogens (tertiary/aromatic N) is 3. The molecule has 0 unspecified atom stereocenters. The van der Waals surface area contributed by atoms with Gasteiger partial charge in [-0.3, -0.25) is 4.98 Å². The summed E-state index contributed by atoms with van der Waals surface area (Å²) in [5, 5.41) is 6.52. The lowest BCUT2D eigenvalue weighted by molar-refractivity contribution is 0.410. The molecule has 0 spiro atoms. The fourth-order valence-electron chi connectivity index (χ4n) is 2.58. The van der Waals surface area contributed by atoms with Crippen LogP contribution in [0.2, 0.25) is 0 Å². The van der Waals surface area contributed by atoms with Gasteiger partial charge >= 0.3 is 0 Å². The Balaban J connectivity index is 1.98. The van der Waals surface area contributed by atoms with Crippen LogP contribution in [0.1, 0.15) is 32.0 Å². The van der Waals surface area contributed by atoms with Crippen molar-refractivity contribution in [1.29, 1.82) is 0 Å². The number of aliphatic imine (C=N–C) groups is 1. The molecule has 2 rings (SSSR count). The predicted octanol–water partition coefficient (Wildman–Crippen LogP) is 2.41. The molecule has 0 fully saturated rings. The maximum Gasteiger partial charge on any atom is 0.243 e. The Hall–Kier alpha value is -2.45. The first-order chi connectivity index (χ1) is 13.8. The second-order valence-electron chi connectivity index (χ2n) is 6.95. The lowest BCUT2D eigenvalue weighted by Gasteiger charge is -2.21. The summed E-state index contributed by atoms with van der Waals surface area (Å²) in [7, 11) is -1.87. The first-order valence-corrected chi connectivity index (χ1v) is 11.3. The highest BCUT2D eigenvalue weighted by Gasteiger charge is 2.22. The number of hydrogen-bond donors (Lipinski definition) is 2. The standard InChI is InChI=1S/C21H31N5O2S/c1-5-22-21(24-15-13-19-8-6-7-14-23-19)25-16-18-9-11-20(12-10-18)29(27,28)26(4)17(2)3/h6-12,14,17H,5,13,15-16H2,1-4H3,(H2,22,24,25). The van der Waals surface area contributed by atoms with Crippen molar-refractivity contribution in [2.45, 2.75) is 44.7 Å². The van der Waals surface area contributed by atoms with Gasteiger partial charge < -0.3 is 10.6 Å². The Labute approximate surface area is 174 Å². The molecule has 0 atom stereocenters. The van der Waals surface area contributed by atoms with Crippen molar-refractivity contribution in [1.82, 2.24) is 19.9 Å². The lowest BCUT2D eigenvalue weighted by Crippen LogP contribution is -2.38. The van der Waals surface area contributed by atoms with Gasteiger partial charge in [-0.05, 0) is 50.6 Å². The first kappa shape index (κ1) is 22.8. The zero-order chi connectivity index (χ0) is 21.3. The third-order valence-corrected chi connectivity index (χ3v) is 6.54. The second kappa shape index (κ2) is 10.9. The van der Waals surface area contributed by atoms with Crippen LogP contribution in [0.25, 0.3) is 0 Å². The number of benzene rings is 1. The molecule has 1 aromatic carbocycles. The average molecular weight is 418 g/mol. The van der Waals surface area contributed by atoms with Crippen LogP contribution in [0.3, 0.4) is 0 Å². The number of guanidine groups is 1. The monoisotopic (exact) mass is 417 g/mol. The maximum atomic E-state index is 12.5. The van der Waals surface area contributed by atoms with Crippen molar-refractivity contribution < 1.29 is 8.42 Å². The Bertz CT molecular complexity index is 881. The molecular formula is C21H31N5O2S. The summed E-state index contributed by atoms with van der Waals surface area (Å²) in [5.41, 5.74) is 1.97. The third kappa shape index (κ3) is 6.83. The van der Waals surface area contributed by atoms with E-state index in [0.29, 0.717) is 11.4 Å². The van der Waals surface area contributed by atoms with Crippen LogP contribution in [0.15, 0.2) is 58.5 Å². The Morgan fingerprint density at radius 2 is 1.86 bits per heavy atom. The van der Waals surface area contributed by atoms with Gasteiger partial charge in [0.15, 0.2) is 5.96 Å². The number of pyridine rings is 1. The number of nitrogens with one attached hydrogen (secondary N) is 2. The molecule has 8 heteroatoms. The molecule has 0 bridgehead atoms. The molecule has 0 aliphatic carbocycles. The van der Waals surface area contributed by atoms with Crippen LogP contribution in [0.5, 0.6) is 0 Å². The van der Waals surface area contributed by atoms with Crippen molar-refractivity contribution in [3.63, 3.8) is 0 Å². The fraction of sp³-hybridized carbons (Fsp3) is 0.429. The minimum absolute atomic E-state index is 0.0934. The molecule has 2 N–H and O–H groups in total. The number of sulfonamides is 1. The molecule has 158 valence electrons. The Morgan fingerprint density at radius 1 is 1.14 bits per heavy atom. The van der Waals surface area contributed by atoms with Gasteiger partial charge in [-0.1, -0.05) is 18.2 Å². The van der Waals surface area contributed by atoms with Gasteiger partial charge in [-0.25, -0.2) is 13.4 Å². The van der Waals surface area contributed by atoms with Gasteiger partial charge in [0.2, 0.25) is 10.0 Å². The smallest absolute Gasteiger partial charge is 0.243 e. The van der Waals surface area contributed by atoms with E-state index in [9.17, 15) is 8.42 Å². The highest BCUT2D eigenvalue weighted by molar-refractivity contribution is 7.89. The zero-order valence-corrected chi connectivity index (χ0v) is 18.4. The number of hydrogen-bond acceptors (Lipinski definition) is 4. The second-order valence-corrected chi connectivity index (χ2v) is 8.95. The van der Waals surface area contributed by atoms with Crippen molar-refractivity contribution in [3.05, 3.63) is 59.9 Å². The predicted molar refractivity (Wildman–Crippen MR) is 117 cm³/mol. The van der Waals surface area contributed by atoms with E-state index in [1.165, 1.54) is 4.31 Å². The number of aromatic nitrogens is 1. The van der Waals surface area contributed by atoms with Gasteiger partial charge in [0.25, 0.3) is 0 Å². The topological polar surface area (TPSA) is 86.7 Å². The first-order valence-electron chi connectivity index (χ1n) is 9.83. The molecule has 1 heterocycles. The molecule has 0 saturated heterocycles. The van der Waals surface area contributed by atoms with E-state index in [4.69, 9.17) is 0 Å². The van der Waals surface area contributed by atoms with E-state index >= 15 is 0 Å². The van der Waals surface area contributed by atoms with E-state index in [0.717, 1.165) is 36.7 Å². The summed E-state index contributed by atoms with van der Waals surface area (Å²) in [6, 6.07) is 12.7. The maximum absolute atomic E-state index is 12.5. The van der Waals surface area contributed by atoms with Crippen molar-refractivity contribution >= 4 is 16.0 Å². The molecular weight excluding hydrogens is 386 g/mol. The van der Waals surface area contributed by atoms with Crippen LogP contribution >= 0.6 is 0 Å². The molecule has 7 nitrogen and oxygen atoms in total. The molecule has 29 heavy (non-hydrogen) atoms. The average Bonchev–Trinajstić information content (AvgIpc) is 2.72. The quantitative estimate of drug-likeness (QED) is 0.483. The van der Waals surface area contributed by atoms with Crippen LogP contribution < -0.4 is 10.6 Å². The van der Waals surface area contributed by atoms with Crippen LogP contribution in [-0.4, -0.2) is 49.8 Å². The summed E-state index contributed by atoms with van der Waals surface area (Å²) >= 11 is 0. The van der Waals surface area contributed by atoms with Gasteiger partial charge in [0.1, 0.15) is 0 Å². The third-order valence-electron chi connectivity index (χ3n) is 4.49. The van der Waals surface area contributed by atoms with E-state index in [-0.39, 0.29) is 6.04 Å². The Morgan fingerprint density at radius 3 is 2.45 bits per heavy atom. The minimum Gasteiger partial charge on any atom is -0.357 e. The fourth-order valence-corrected chi connectivity index (χ4v) is 3.95. The van der Waals surface area contributed by atoms with E-state index < -0.39 is 10.0 Å². The zero-order valence-electron chi connectivity index (χ0n) is 17.6. The highest BCUT2D eigenvalue weighted by atomic mass is 32.2. The van der Waals surface area contributed by atoms with Gasteiger partial charge in [-0.15, -0.1) is 0 Å². The molecule has 2 aromatic rings. The molecule has 0 saturated carbocycles. The van der Waals surface area contributed by atoms with Gasteiger partial charge in [-0.2, -0.15) is 4.31 Å². The van der Waals surface area contributed by atoms with Crippen LogP contribution in [0.4, 0.5) is 0 Å². The SMILES string of the molecule is CCNC(=NCc1ccc(S(=O)(=O)N(C)C(C)C)cc1)NCCc1ccccn1. The number of rotatable bonds is 9. The summed E-state index contributed by atoms with van der Waals surface area (Å²) in [6.45, 7) is 7.66. The van der Waals surface area contributed by atoms with Crippen LogP contribution in [-0.2, 0) is 23.0 Å². The highest BCUT2D eigenvalue weighted by Crippen LogP contribution is 2.17. The Kier molecular flexibility index (Phi) is 8.60. The van der Waals surface area contributed by atoms with Gasteiger partial charge in [0, 0.05) is 44.5 Å². The summed E-state index contributed by atoms with van der Waals surface area (Å²) in [6.07, 6.45) is 2.60. The van der Waals surface area contributed by atoms with E-state index in [1.807, 2.05) is 51.1 Å². The molecule has 0 amide bonds. The molecule has 0 aliphatic rings. The molecule has 0 aliphatic heterocycles. The lowest BCUT2D eigenvalue weighted by atomic mass is 10.2. The largest absolute Gasteiger partial charge is 0.357 e. The summed E-state index contributed by atoms with van der Waals surface area (Å²) in [5.74, 6) is 0.722. The van der Waals surface area contributed by atoms with Gasteiger partial charge in [0.05, 0.1) is 11.4 Å². The van der Waals surface area contributed by atoms with Crippen molar-refractivity contribution in [2.24, 2.45) is 4.99 Å².